The van der Waals surface area contributed by atoms with Crippen LogP contribution in [0.3, 0.4) is 0 Å². The van der Waals surface area contributed by atoms with E-state index in [1.54, 1.807) is 0 Å². The number of H-pyrrole nitrogens is 1. The van der Waals surface area contributed by atoms with E-state index in [1.807, 2.05) is 20.2 Å². The second kappa shape index (κ2) is 7.83. The van der Waals surface area contributed by atoms with Crippen molar-refractivity contribution in [2.75, 3.05) is 33.2 Å². The Morgan fingerprint density at radius 1 is 1.15 bits per heavy atom. The minimum Gasteiger partial charge on any atom is -0.354 e. The van der Waals surface area contributed by atoms with Crippen molar-refractivity contribution in [1.29, 1.82) is 0 Å². The van der Waals surface area contributed by atoms with E-state index in [0.29, 0.717) is 5.92 Å². The first-order valence-corrected chi connectivity index (χ1v) is 10.1. The van der Waals surface area contributed by atoms with Gasteiger partial charge >= 0.3 is 0 Å². The van der Waals surface area contributed by atoms with Gasteiger partial charge in [0.1, 0.15) is 0 Å². The molecule has 0 bridgehead atoms. The van der Waals surface area contributed by atoms with Gasteiger partial charge in [-0.3, -0.25) is 4.98 Å². The van der Waals surface area contributed by atoms with E-state index in [4.69, 9.17) is 0 Å². The first-order chi connectivity index (χ1) is 13.2. The number of hydrogen-bond donors (Lipinski definition) is 2. The van der Waals surface area contributed by atoms with Crippen LogP contribution in [0.1, 0.15) is 35.6 Å². The average Bonchev–Trinajstić information content (AvgIpc) is 3.03. The van der Waals surface area contributed by atoms with Crippen molar-refractivity contribution < 1.29 is 0 Å². The number of aromatic nitrogens is 2. The third-order valence-corrected chi connectivity index (χ3v) is 6.00. The number of nitrogens with zero attached hydrogens (tertiary/aromatic N) is 2. The lowest BCUT2D eigenvalue weighted by molar-refractivity contribution is 0.214. The Kier molecular flexibility index (Phi) is 5.28. The van der Waals surface area contributed by atoms with Crippen LogP contribution in [-0.2, 0) is 0 Å². The highest BCUT2D eigenvalue weighted by Crippen LogP contribution is 2.34. The van der Waals surface area contributed by atoms with Gasteiger partial charge in [-0.1, -0.05) is 6.07 Å². The molecule has 1 aliphatic rings. The zero-order valence-corrected chi connectivity index (χ0v) is 16.7. The monoisotopic (exact) mass is 362 g/mol. The Bertz CT molecular complexity index is 919. The van der Waals surface area contributed by atoms with Crippen molar-refractivity contribution >= 4 is 10.9 Å². The van der Waals surface area contributed by atoms with Crippen molar-refractivity contribution in [3.05, 3.63) is 53.3 Å². The van der Waals surface area contributed by atoms with Gasteiger partial charge in [0, 0.05) is 47.1 Å². The molecule has 0 amide bonds. The summed E-state index contributed by atoms with van der Waals surface area (Å²) >= 11 is 0. The highest BCUT2D eigenvalue weighted by Gasteiger charge is 2.21. The van der Waals surface area contributed by atoms with Gasteiger partial charge in [0.25, 0.3) is 0 Å². The number of hydrogen-bond acceptors (Lipinski definition) is 3. The van der Waals surface area contributed by atoms with E-state index in [9.17, 15) is 0 Å². The number of aromatic amines is 1. The Morgan fingerprint density at radius 3 is 2.70 bits per heavy atom. The summed E-state index contributed by atoms with van der Waals surface area (Å²) in [6.07, 6.45) is 4.41. The minimum absolute atomic E-state index is 0.682. The van der Waals surface area contributed by atoms with Crippen molar-refractivity contribution in [1.82, 2.24) is 20.2 Å². The molecule has 1 saturated heterocycles. The van der Waals surface area contributed by atoms with Crippen molar-refractivity contribution in [2.24, 2.45) is 0 Å². The molecule has 4 nitrogen and oxygen atoms in total. The van der Waals surface area contributed by atoms with Crippen LogP contribution in [0.15, 0.2) is 36.5 Å². The fourth-order valence-corrected chi connectivity index (χ4v) is 4.35. The largest absolute Gasteiger partial charge is 0.354 e. The average molecular weight is 363 g/mol. The van der Waals surface area contributed by atoms with E-state index >= 15 is 0 Å². The van der Waals surface area contributed by atoms with E-state index in [0.717, 1.165) is 18.8 Å². The predicted octanol–water partition coefficient (Wildman–Crippen LogP) is 4.25. The number of nitrogens with one attached hydrogen (secondary N) is 2. The maximum Gasteiger partial charge on any atom is 0.0495 e. The van der Waals surface area contributed by atoms with Gasteiger partial charge in [-0.25, -0.2) is 0 Å². The van der Waals surface area contributed by atoms with Crippen LogP contribution in [0.5, 0.6) is 0 Å². The Morgan fingerprint density at radius 2 is 1.96 bits per heavy atom. The number of likely N-dealkylation sites (tertiary alicyclic amines) is 1. The lowest BCUT2D eigenvalue weighted by Gasteiger charge is -2.32. The zero-order chi connectivity index (χ0) is 18.8. The minimum atomic E-state index is 0.682. The predicted molar refractivity (Wildman–Crippen MR) is 113 cm³/mol. The number of pyridine rings is 1. The Hall–Kier alpha value is -2.17. The molecule has 3 heterocycles. The number of fused-ring (bicyclic) bond motifs is 1. The molecule has 4 heteroatoms. The number of likely N-dealkylation sites (N-methyl/N-ethyl adjacent to an activating group) is 1. The van der Waals surface area contributed by atoms with Crippen LogP contribution < -0.4 is 5.32 Å². The van der Waals surface area contributed by atoms with E-state index in [-0.39, 0.29) is 0 Å². The molecule has 4 rings (SSSR count). The van der Waals surface area contributed by atoms with Gasteiger partial charge in [-0.15, -0.1) is 0 Å². The summed E-state index contributed by atoms with van der Waals surface area (Å²) in [5.74, 6) is 0.682. The summed E-state index contributed by atoms with van der Waals surface area (Å²) in [5, 5.41) is 4.61. The normalized spacial score (nSPS) is 16.3. The van der Waals surface area contributed by atoms with Gasteiger partial charge in [-0.05, 0) is 88.1 Å². The van der Waals surface area contributed by atoms with Gasteiger partial charge in [0.15, 0.2) is 0 Å². The highest BCUT2D eigenvalue weighted by molar-refractivity contribution is 5.91. The number of benzene rings is 1. The number of aryl methyl sites for hydroxylation is 2. The molecular formula is C23H30N4. The molecule has 0 atom stereocenters. The molecule has 2 aromatic heterocycles. The van der Waals surface area contributed by atoms with Crippen LogP contribution in [0.4, 0.5) is 0 Å². The lowest BCUT2D eigenvalue weighted by Crippen LogP contribution is -2.37. The molecule has 1 aliphatic heterocycles. The van der Waals surface area contributed by atoms with Crippen molar-refractivity contribution in [3.63, 3.8) is 0 Å². The Labute approximate surface area is 162 Å². The van der Waals surface area contributed by atoms with E-state index < -0.39 is 0 Å². The molecule has 0 radical (unpaired) electrons. The summed E-state index contributed by atoms with van der Waals surface area (Å²) in [7, 11) is 2.03. The molecule has 0 saturated carbocycles. The van der Waals surface area contributed by atoms with E-state index in [2.05, 4.69) is 57.4 Å². The third kappa shape index (κ3) is 3.78. The van der Waals surface area contributed by atoms with Gasteiger partial charge in [0.05, 0.1) is 0 Å². The summed E-state index contributed by atoms with van der Waals surface area (Å²) in [6, 6.07) is 11.3. The molecular weight excluding hydrogens is 332 g/mol. The second-order valence-electron chi connectivity index (χ2n) is 7.84. The van der Waals surface area contributed by atoms with E-state index in [1.165, 1.54) is 59.2 Å². The lowest BCUT2D eigenvalue weighted by atomic mass is 9.88. The van der Waals surface area contributed by atoms with Crippen LogP contribution in [-0.4, -0.2) is 48.1 Å². The SMILES string of the molecule is CNCCN1CCC(c2ccc3[nH]c(-c4ccnc(C)c4)c(C)c3c2)CC1. The Balaban J connectivity index is 1.57. The topological polar surface area (TPSA) is 44.0 Å². The molecule has 1 fully saturated rings. The first kappa shape index (κ1) is 18.2. The van der Waals surface area contributed by atoms with Crippen LogP contribution in [0, 0.1) is 13.8 Å². The molecule has 0 aliphatic carbocycles. The molecule has 3 aromatic rings. The molecule has 142 valence electrons. The van der Waals surface area contributed by atoms with Crippen LogP contribution in [0.2, 0.25) is 0 Å². The second-order valence-corrected chi connectivity index (χ2v) is 7.84. The van der Waals surface area contributed by atoms with Crippen molar-refractivity contribution in [2.45, 2.75) is 32.6 Å². The fourth-order valence-electron chi connectivity index (χ4n) is 4.35. The summed E-state index contributed by atoms with van der Waals surface area (Å²) < 4.78 is 0. The third-order valence-electron chi connectivity index (χ3n) is 6.00. The molecule has 0 spiro atoms. The molecule has 0 unspecified atom stereocenters. The maximum atomic E-state index is 4.33. The standard InChI is InChI=1S/C23H30N4/c1-16-14-20(6-9-25-16)23-17(2)21-15-19(4-5-22(21)26-23)18-7-11-27(12-8-18)13-10-24-3/h4-6,9,14-15,18,24,26H,7-8,10-13H2,1-3H3. The summed E-state index contributed by atoms with van der Waals surface area (Å²) in [4.78, 5) is 10.5. The molecule has 27 heavy (non-hydrogen) atoms. The summed E-state index contributed by atoms with van der Waals surface area (Å²) in [6.45, 7) is 8.93. The molecule has 2 N–H and O–H groups in total. The highest BCUT2D eigenvalue weighted by atomic mass is 15.1. The first-order valence-electron chi connectivity index (χ1n) is 10.1. The maximum absolute atomic E-state index is 4.33. The summed E-state index contributed by atoms with van der Waals surface area (Å²) in [5.41, 5.74) is 7.55. The fraction of sp³-hybridized carbons (Fsp3) is 0.435. The van der Waals surface area contributed by atoms with Gasteiger partial charge in [-0.2, -0.15) is 0 Å². The number of piperidine rings is 1. The van der Waals surface area contributed by atoms with Gasteiger partial charge in [0.2, 0.25) is 0 Å². The smallest absolute Gasteiger partial charge is 0.0495 e. The van der Waals surface area contributed by atoms with Gasteiger partial charge < -0.3 is 15.2 Å². The van der Waals surface area contributed by atoms with Crippen LogP contribution in [0.25, 0.3) is 22.2 Å². The quantitative estimate of drug-likeness (QED) is 0.713. The number of rotatable bonds is 5. The van der Waals surface area contributed by atoms with Crippen molar-refractivity contribution in [3.8, 4) is 11.3 Å². The molecule has 1 aromatic carbocycles. The zero-order valence-electron chi connectivity index (χ0n) is 16.7. The van der Waals surface area contributed by atoms with Crippen LogP contribution >= 0.6 is 0 Å².